The summed E-state index contributed by atoms with van der Waals surface area (Å²) in [6, 6.07) is 14.8. The van der Waals surface area contributed by atoms with Gasteiger partial charge in [-0.15, -0.1) is 0 Å². The summed E-state index contributed by atoms with van der Waals surface area (Å²) in [5.74, 6) is 0.0620. The average molecular weight is 520 g/mol. The van der Waals surface area contributed by atoms with Gasteiger partial charge in [0.25, 0.3) is 0 Å². The Morgan fingerprint density at radius 2 is 1.76 bits per heavy atom. The van der Waals surface area contributed by atoms with Crippen molar-refractivity contribution < 1.29 is 27.5 Å². The van der Waals surface area contributed by atoms with Crippen molar-refractivity contribution in [3.05, 3.63) is 71.3 Å². The molecule has 1 aliphatic carbocycles. The number of halogens is 3. The molecule has 6 nitrogen and oxygen atoms in total. The molecule has 9 heteroatoms. The van der Waals surface area contributed by atoms with E-state index in [1.165, 1.54) is 17.7 Å². The van der Waals surface area contributed by atoms with E-state index < -0.39 is 35.4 Å². The highest BCUT2D eigenvalue weighted by atomic mass is 19.4. The molecule has 0 spiro atoms. The highest BCUT2D eigenvalue weighted by molar-refractivity contribution is 5.85. The van der Waals surface area contributed by atoms with Gasteiger partial charge in [-0.25, -0.2) is 4.79 Å². The minimum Gasteiger partial charge on any atom is -0.444 e. The minimum absolute atomic E-state index is 0.0840. The summed E-state index contributed by atoms with van der Waals surface area (Å²) in [5, 5.41) is 8.80. The molecule has 0 saturated heterocycles. The zero-order chi connectivity index (χ0) is 27.1. The molecule has 3 N–H and O–H groups in total. The van der Waals surface area contributed by atoms with Crippen LogP contribution < -0.4 is 16.0 Å². The Balaban J connectivity index is 1.48. The maximum atomic E-state index is 13.0. The predicted molar refractivity (Wildman–Crippen MR) is 136 cm³/mol. The van der Waals surface area contributed by atoms with Gasteiger partial charge in [-0.3, -0.25) is 4.79 Å². The van der Waals surface area contributed by atoms with Gasteiger partial charge in [0.1, 0.15) is 11.6 Å². The van der Waals surface area contributed by atoms with Crippen LogP contribution in [0.2, 0.25) is 0 Å². The predicted octanol–water partition coefficient (Wildman–Crippen LogP) is 5.53. The third kappa shape index (κ3) is 9.72. The lowest BCUT2D eigenvalue weighted by atomic mass is 10.1. The van der Waals surface area contributed by atoms with Gasteiger partial charge in [0.15, 0.2) is 0 Å². The van der Waals surface area contributed by atoms with Gasteiger partial charge in [0.05, 0.1) is 5.56 Å². The van der Waals surface area contributed by atoms with E-state index in [-0.39, 0.29) is 6.54 Å². The summed E-state index contributed by atoms with van der Waals surface area (Å²) in [7, 11) is 0. The maximum absolute atomic E-state index is 13.0. The molecule has 0 aliphatic heterocycles. The van der Waals surface area contributed by atoms with E-state index in [0.29, 0.717) is 30.4 Å². The number of carbonyl (C=O) groups excluding carboxylic acids is 2. The van der Waals surface area contributed by atoms with Crippen molar-refractivity contribution in [3.63, 3.8) is 0 Å². The van der Waals surface area contributed by atoms with Crippen LogP contribution in [0.5, 0.6) is 0 Å². The minimum atomic E-state index is -4.46. The molecule has 0 aromatic heterocycles. The fraction of sp³-hybridized carbons (Fsp3) is 0.500. The highest BCUT2D eigenvalue weighted by Gasteiger charge is 2.37. The first-order chi connectivity index (χ1) is 17.4. The van der Waals surface area contributed by atoms with Gasteiger partial charge in [-0.1, -0.05) is 42.5 Å². The first-order valence-corrected chi connectivity index (χ1v) is 12.6. The molecule has 2 aromatic rings. The third-order valence-corrected chi connectivity index (χ3v) is 6.07. The number of hydrogen-bond acceptors (Lipinski definition) is 4. The standard InChI is InChI=1S/C28H36F3N3O3/c1-27(2,3)37-26(36)34-23(25(35)33-18-19-10-9-13-21(16-19)28(29,30)31)14-7-8-15-32-24-17-22(24)20-11-5-4-6-12-20/h4-6,9-13,16,22-24,32H,7-8,14-15,17-18H2,1-3H3,(H,33,35)(H,34,36)/t22-,23?,24+/m0/s1. The van der Waals surface area contributed by atoms with E-state index in [1.807, 2.05) is 18.2 Å². The fourth-order valence-electron chi connectivity index (χ4n) is 4.14. The second kappa shape index (κ2) is 12.4. The van der Waals surface area contributed by atoms with Crippen molar-refractivity contribution >= 4 is 12.0 Å². The number of amides is 2. The summed E-state index contributed by atoms with van der Waals surface area (Å²) in [6.07, 6.45) is -2.21. The summed E-state index contributed by atoms with van der Waals surface area (Å²) in [6.45, 7) is 5.88. The number of nitrogens with one attached hydrogen (secondary N) is 3. The maximum Gasteiger partial charge on any atom is 0.416 e. The number of alkyl halides is 3. The molecule has 3 rings (SSSR count). The van der Waals surface area contributed by atoms with Gasteiger partial charge in [0, 0.05) is 18.5 Å². The van der Waals surface area contributed by atoms with E-state index in [4.69, 9.17) is 4.74 Å². The van der Waals surface area contributed by atoms with Crippen LogP contribution in [-0.4, -0.2) is 36.2 Å². The van der Waals surface area contributed by atoms with Gasteiger partial charge >= 0.3 is 12.3 Å². The third-order valence-electron chi connectivity index (χ3n) is 6.07. The van der Waals surface area contributed by atoms with Gasteiger partial charge in [-0.2, -0.15) is 13.2 Å². The van der Waals surface area contributed by atoms with E-state index in [2.05, 4.69) is 28.1 Å². The Hall–Kier alpha value is -3.07. The normalized spacial score (nSPS) is 18.1. The van der Waals surface area contributed by atoms with Gasteiger partial charge in [0.2, 0.25) is 5.91 Å². The second-order valence-corrected chi connectivity index (χ2v) is 10.4. The number of hydrogen-bond donors (Lipinski definition) is 3. The Bertz CT molecular complexity index is 1040. The lowest BCUT2D eigenvalue weighted by molar-refractivity contribution is -0.137. The number of carbonyl (C=O) groups is 2. The van der Waals surface area contributed by atoms with Crippen LogP contribution in [0.4, 0.5) is 18.0 Å². The summed E-state index contributed by atoms with van der Waals surface area (Å²) in [5.41, 5.74) is 0.146. The highest BCUT2D eigenvalue weighted by Crippen LogP contribution is 2.40. The van der Waals surface area contributed by atoms with Crippen LogP contribution in [0, 0.1) is 0 Å². The molecule has 0 bridgehead atoms. The largest absolute Gasteiger partial charge is 0.444 e. The Morgan fingerprint density at radius 3 is 2.43 bits per heavy atom. The second-order valence-electron chi connectivity index (χ2n) is 10.4. The van der Waals surface area contributed by atoms with Crippen LogP contribution in [-0.2, 0) is 22.3 Å². The molecule has 2 aromatic carbocycles. The van der Waals surface area contributed by atoms with Gasteiger partial charge < -0.3 is 20.7 Å². The first kappa shape index (κ1) is 28.5. The molecule has 1 fully saturated rings. The molecule has 2 amide bonds. The summed E-state index contributed by atoms with van der Waals surface area (Å²) < 4.78 is 44.2. The topological polar surface area (TPSA) is 79.5 Å². The van der Waals surface area contributed by atoms with Crippen molar-refractivity contribution in [2.45, 2.75) is 82.8 Å². The summed E-state index contributed by atoms with van der Waals surface area (Å²) in [4.78, 5) is 25.2. The van der Waals surface area contributed by atoms with Crippen molar-refractivity contribution in [2.24, 2.45) is 0 Å². The monoisotopic (exact) mass is 519 g/mol. The van der Waals surface area contributed by atoms with Crippen LogP contribution >= 0.6 is 0 Å². The Kier molecular flexibility index (Phi) is 9.59. The summed E-state index contributed by atoms with van der Waals surface area (Å²) >= 11 is 0. The molecular formula is C28H36F3N3O3. The molecule has 1 aliphatic rings. The molecule has 0 heterocycles. The van der Waals surface area contributed by atoms with E-state index in [0.717, 1.165) is 31.5 Å². The number of alkyl carbamates (subject to hydrolysis) is 1. The first-order valence-electron chi connectivity index (χ1n) is 12.6. The molecular weight excluding hydrogens is 483 g/mol. The number of ether oxygens (including phenoxy) is 1. The number of unbranched alkanes of at least 4 members (excludes halogenated alkanes) is 1. The average Bonchev–Trinajstić information content (AvgIpc) is 3.60. The van der Waals surface area contributed by atoms with Gasteiger partial charge in [-0.05, 0) is 76.3 Å². The van der Waals surface area contributed by atoms with Crippen LogP contribution in [0.25, 0.3) is 0 Å². The van der Waals surface area contributed by atoms with Crippen molar-refractivity contribution in [1.29, 1.82) is 0 Å². The van der Waals surface area contributed by atoms with Crippen LogP contribution in [0.1, 0.15) is 69.1 Å². The number of benzene rings is 2. The van der Waals surface area contributed by atoms with Crippen molar-refractivity contribution in [1.82, 2.24) is 16.0 Å². The SMILES string of the molecule is CC(C)(C)OC(=O)NC(CCCCN[C@@H]1C[C@H]1c1ccccc1)C(=O)NCc1cccc(C(F)(F)F)c1. The smallest absolute Gasteiger partial charge is 0.416 e. The van der Waals surface area contributed by atoms with Crippen LogP contribution in [0.3, 0.4) is 0 Å². The fourth-order valence-corrected chi connectivity index (χ4v) is 4.14. The van der Waals surface area contributed by atoms with Crippen LogP contribution in [0.15, 0.2) is 54.6 Å². The molecule has 37 heavy (non-hydrogen) atoms. The molecule has 0 radical (unpaired) electrons. The molecule has 1 saturated carbocycles. The van der Waals surface area contributed by atoms with Crippen molar-refractivity contribution in [2.75, 3.05) is 6.54 Å². The van der Waals surface area contributed by atoms with E-state index in [1.54, 1.807) is 20.8 Å². The van der Waals surface area contributed by atoms with Crippen molar-refractivity contribution in [3.8, 4) is 0 Å². The van der Waals surface area contributed by atoms with E-state index in [9.17, 15) is 22.8 Å². The van der Waals surface area contributed by atoms with E-state index >= 15 is 0 Å². The zero-order valence-corrected chi connectivity index (χ0v) is 21.5. The quantitative estimate of drug-likeness (QED) is 0.341. The Morgan fingerprint density at radius 1 is 1.03 bits per heavy atom. The molecule has 1 unspecified atom stereocenters. The molecule has 3 atom stereocenters. The number of rotatable bonds is 11. The Labute approximate surface area is 216 Å². The lowest BCUT2D eigenvalue weighted by Gasteiger charge is -2.23. The lowest BCUT2D eigenvalue weighted by Crippen LogP contribution is -2.48. The zero-order valence-electron chi connectivity index (χ0n) is 21.5. The molecule has 202 valence electrons.